The van der Waals surface area contributed by atoms with Gasteiger partial charge in [0.1, 0.15) is 6.04 Å². The van der Waals surface area contributed by atoms with Crippen LogP contribution in [0.2, 0.25) is 0 Å². The topological polar surface area (TPSA) is 117 Å². The van der Waals surface area contributed by atoms with Crippen molar-refractivity contribution in [3.63, 3.8) is 0 Å². The van der Waals surface area contributed by atoms with Gasteiger partial charge in [-0.25, -0.2) is 9.48 Å². The third-order valence-electron chi connectivity index (χ3n) is 4.68. The smallest absolute Gasteiger partial charge is 0.358 e. The highest BCUT2D eigenvalue weighted by Gasteiger charge is 2.31. The summed E-state index contributed by atoms with van der Waals surface area (Å²) in [6.45, 7) is 2.55. The van der Waals surface area contributed by atoms with Gasteiger partial charge in [-0.05, 0) is 43.9 Å². The Labute approximate surface area is 162 Å². The maximum atomic E-state index is 12.8. The summed E-state index contributed by atoms with van der Waals surface area (Å²) in [6.07, 6.45) is 4.96. The molecule has 3 rings (SSSR count). The number of carbonyl (C=O) groups is 3. The normalized spacial score (nSPS) is 16.6. The van der Waals surface area contributed by atoms with E-state index in [2.05, 4.69) is 15.6 Å². The fourth-order valence-corrected chi connectivity index (χ4v) is 3.30. The summed E-state index contributed by atoms with van der Waals surface area (Å²) in [7, 11) is 0. The minimum atomic E-state index is -1.16. The first kappa shape index (κ1) is 19.5. The molecule has 2 aromatic rings. The van der Waals surface area contributed by atoms with E-state index in [1.165, 1.54) is 10.9 Å². The van der Waals surface area contributed by atoms with Crippen LogP contribution in [-0.2, 0) is 9.59 Å². The molecule has 1 fully saturated rings. The molecule has 0 aliphatic carbocycles. The van der Waals surface area contributed by atoms with Crippen molar-refractivity contribution in [3.05, 3.63) is 36.2 Å². The average molecular weight is 385 g/mol. The van der Waals surface area contributed by atoms with E-state index < -0.39 is 12.0 Å². The number of likely N-dealkylation sites (tertiary alicyclic amines) is 1. The van der Waals surface area contributed by atoms with Crippen molar-refractivity contribution in [1.29, 1.82) is 0 Å². The van der Waals surface area contributed by atoms with Gasteiger partial charge >= 0.3 is 5.97 Å². The first-order chi connectivity index (χ1) is 13.5. The van der Waals surface area contributed by atoms with E-state index >= 15 is 0 Å². The van der Waals surface area contributed by atoms with Gasteiger partial charge in [-0.15, -0.1) is 5.10 Å². The number of carbonyl (C=O) groups excluding carboxylic acids is 2. The second kappa shape index (κ2) is 8.64. The third kappa shape index (κ3) is 4.36. The number of hydrogen-bond donors (Lipinski definition) is 2. The van der Waals surface area contributed by atoms with Crippen molar-refractivity contribution in [3.8, 4) is 5.69 Å². The minimum Gasteiger partial charge on any atom is -0.476 e. The van der Waals surface area contributed by atoms with Gasteiger partial charge < -0.3 is 15.3 Å². The summed E-state index contributed by atoms with van der Waals surface area (Å²) >= 11 is 0. The highest BCUT2D eigenvalue weighted by molar-refractivity contribution is 5.97. The number of carboxylic acid groups (broad SMARTS) is 1. The molecule has 2 N–H and O–H groups in total. The van der Waals surface area contributed by atoms with E-state index in [0.29, 0.717) is 30.8 Å². The molecule has 0 bridgehead atoms. The standard InChI is InChI=1S/C19H23N5O4/c1-2-6-17(25)23-10-4-3-9-16(23)18(26)20-13-7-5-8-14(11-13)24-12-15(19(27)28)21-22-24/h5,7-8,11-12,16H,2-4,6,9-10H2,1H3,(H,20,26)(H,27,28). The minimum absolute atomic E-state index is 0.0138. The molecule has 2 heterocycles. The first-order valence-electron chi connectivity index (χ1n) is 9.36. The molecule has 2 amide bonds. The van der Waals surface area contributed by atoms with Gasteiger partial charge in [0.05, 0.1) is 11.9 Å². The molecule has 0 saturated carbocycles. The Morgan fingerprint density at radius 2 is 2.11 bits per heavy atom. The zero-order chi connectivity index (χ0) is 20.1. The molecular formula is C19H23N5O4. The number of aromatic nitrogens is 3. The maximum Gasteiger partial charge on any atom is 0.358 e. The van der Waals surface area contributed by atoms with Crippen molar-refractivity contribution in [1.82, 2.24) is 19.9 Å². The van der Waals surface area contributed by atoms with Crippen LogP contribution in [0.1, 0.15) is 49.5 Å². The number of piperidine rings is 1. The Morgan fingerprint density at radius 3 is 2.82 bits per heavy atom. The lowest BCUT2D eigenvalue weighted by Crippen LogP contribution is -2.49. The van der Waals surface area contributed by atoms with Gasteiger partial charge in [0, 0.05) is 18.7 Å². The van der Waals surface area contributed by atoms with E-state index in [1.807, 2.05) is 6.92 Å². The van der Waals surface area contributed by atoms with Crippen molar-refractivity contribution in [2.45, 2.75) is 45.1 Å². The van der Waals surface area contributed by atoms with Gasteiger partial charge in [-0.2, -0.15) is 0 Å². The molecule has 1 saturated heterocycles. The van der Waals surface area contributed by atoms with Crippen molar-refractivity contribution in [2.75, 3.05) is 11.9 Å². The number of anilines is 1. The Kier molecular flexibility index (Phi) is 6.03. The quantitative estimate of drug-likeness (QED) is 0.786. The van der Waals surface area contributed by atoms with Crippen LogP contribution in [0.3, 0.4) is 0 Å². The lowest BCUT2D eigenvalue weighted by atomic mass is 10.0. The molecule has 1 aromatic heterocycles. The first-order valence-corrected chi connectivity index (χ1v) is 9.36. The largest absolute Gasteiger partial charge is 0.476 e. The zero-order valence-corrected chi connectivity index (χ0v) is 15.7. The summed E-state index contributed by atoms with van der Waals surface area (Å²) in [4.78, 5) is 37.8. The Hall–Kier alpha value is -3.23. The van der Waals surface area contributed by atoms with Crippen LogP contribution in [0.5, 0.6) is 0 Å². The molecule has 9 heteroatoms. The number of carboxylic acids is 1. The lowest BCUT2D eigenvalue weighted by Gasteiger charge is -2.34. The molecule has 0 spiro atoms. The highest BCUT2D eigenvalue weighted by Crippen LogP contribution is 2.21. The molecule has 1 atom stereocenters. The van der Waals surface area contributed by atoms with Crippen LogP contribution < -0.4 is 5.32 Å². The predicted octanol–water partition coefficient (Wildman–Crippen LogP) is 2.09. The van der Waals surface area contributed by atoms with Gasteiger partial charge in [0.2, 0.25) is 11.8 Å². The molecule has 0 radical (unpaired) electrons. The maximum absolute atomic E-state index is 12.8. The second-order valence-electron chi connectivity index (χ2n) is 6.74. The molecule has 148 valence electrons. The fraction of sp³-hybridized carbons (Fsp3) is 0.421. The zero-order valence-electron chi connectivity index (χ0n) is 15.7. The average Bonchev–Trinajstić information content (AvgIpc) is 3.19. The number of benzene rings is 1. The van der Waals surface area contributed by atoms with Crippen molar-refractivity contribution in [2.24, 2.45) is 0 Å². The molecule has 28 heavy (non-hydrogen) atoms. The summed E-state index contributed by atoms with van der Waals surface area (Å²) < 4.78 is 1.33. The van der Waals surface area contributed by atoms with Gasteiger partial charge in [-0.3, -0.25) is 9.59 Å². The van der Waals surface area contributed by atoms with Gasteiger partial charge in [0.25, 0.3) is 0 Å². The number of rotatable bonds is 6. The van der Waals surface area contributed by atoms with E-state index in [4.69, 9.17) is 5.11 Å². The third-order valence-corrected chi connectivity index (χ3v) is 4.68. The number of aromatic carboxylic acids is 1. The van der Waals surface area contributed by atoms with Crippen LogP contribution in [0.25, 0.3) is 5.69 Å². The molecule has 9 nitrogen and oxygen atoms in total. The van der Waals surface area contributed by atoms with E-state index in [1.54, 1.807) is 29.2 Å². The number of amides is 2. The van der Waals surface area contributed by atoms with E-state index in [9.17, 15) is 14.4 Å². The SMILES string of the molecule is CCCC(=O)N1CCCCC1C(=O)Nc1cccc(-n2cc(C(=O)O)nn2)c1. The fourth-order valence-electron chi connectivity index (χ4n) is 3.30. The summed E-state index contributed by atoms with van der Waals surface area (Å²) in [5, 5.41) is 19.2. The highest BCUT2D eigenvalue weighted by atomic mass is 16.4. The lowest BCUT2D eigenvalue weighted by molar-refractivity contribution is -0.140. The van der Waals surface area contributed by atoms with Crippen molar-refractivity contribution >= 4 is 23.5 Å². The number of nitrogens with zero attached hydrogens (tertiary/aromatic N) is 4. The van der Waals surface area contributed by atoms with Crippen LogP contribution in [0.15, 0.2) is 30.5 Å². The van der Waals surface area contributed by atoms with Crippen LogP contribution in [0.4, 0.5) is 5.69 Å². The predicted molar refractivity (Wildman–Crippen MR) is 101 cm³/mol. The summed E-state index contributed by atoms with van der Waals surface area (Å²) in [6, 6.07) is 6.40. The van der Waals surface area contributed by atoms with Crippen molar-refractivity contribution < 1.29 is 19.5 Å². The Morgan fingerprint density at radius 1 is 1.29 bits per heavy atom. The molecule has 1 aromatic carbocycles. The number of nitrogens with one attached hydrogen (secondary N) is 1. The molecule has 1 aliphatic rings. The van der Waals surface area contributed by atoms with Crippen LogP contribution in [-0.4, -0.2) is 55.4 Å². The molecule has 1 unspecified atom stereocenters. The molecular weight excluding hydrogens is 362 g/mol. The van der Waals surface area contributed by atoms with Gasteiger partial charge in [-0.1, -0.05) is 18.2 Å². The number of hydrogen-bond acceptors (Lipinski definition) is 5. The van der Waals surface area contributed by atoms with Gasteiger partial charge in [0.15, 0.2) is 5.69 Å². The summed E-state index contributed by atoms with van der Waals surface area (Å²) in [5.41, 5.74) is 0.949. The second-order valence-corrected chi connectivity index (χ2v) is 6.74. The molecule has 1 aliphatic heterocycles. The van der Waals surface area contributed by atoms with E-state index in [0.717, 1.165) is 19.3 Å². The monoisotopic (exact) mass is 385 g/mol. The van der Waals surface area contributed by atoms with Crippen LogP contribution >= 0.6 is 0 Å². The van der Waals surface area contributed by atoms with Crippen LogP contribution in [0, 0.1) is 0 Å². The Balaban J connectivity index is 1.74. The summed E-state index contributed by atoms with van der Waals surface area (Å²) in [5.74, 6) is -1.36. The Bertz CT molecular complexity index is 879. The van der Waals surface area contributed by atoms with E-state index in [-0.39, 0.29) is 17.5 Å².